The second-order valence-corrected chi connectivity index (χ2v) is 11.6. The second-order valence-electron chi connectivity index (χ2n) is 7.64. The molecule has 1 heterocycles. The van der Waals surface area contributed by atoms with Gasteiger partial charge in [-0.15, -0.1) is 0 Å². The van der Waals surface area contributed by atoms with Crippen molar-refractivity contribution in [3.05, 3.63) is 90.0 Å². The van der Waals surface area contributed by atoms with Crippen LogP contribution in [0.3, 0.4) is 0 Å². The summed E-state index contributed by atoms with van der Waals surface area (Å²) in [5, 5.41) is 6.76. The molecule has 33 heavy (non-hydrogen) atoms. The maximum atomic E-state index is 6.17. The molecule has 0 saturated heterocycles. The molecule has 1 aliphatic heterocycles. The van der Waals surface area contributed by atoms with E-state index >= 15 is 0 Å². The van der Waals surface area contributed by atoms with E-state index in [-0.39, 0.29) is 0 Å². The van der Waals surface area contributed by atoms with Crippen molar-refractivity contribution < 1.29 is 0 Å². The molecular formula is C26H29IN6. The van der Waals surface area contributed by atoms with Gasteiger partial charge < -0.3 is 11.1 Å². The van der Waals surface area contributed by atoms with E-state index in [0.29, 0.717) is 6.67 Å². The van der Waals surface area contributed by atoms with Crippen LogP contribution in [0.5, 0.6) is 0 Å². The number of nitrogens with one attached hydrogen (secondary N) is 2. The number of halogens is 1. The minimum Gasteiger partial charge on any atom is -0.397 e. The summed E-state index contributed by atoms with van der Waals surface area (Å²) < 4.78 is 6.69. The monoisotopic (exact) mass is 552 g/mol. The first-order valence-electron chi connectivity index (χ1n) is 10.7. The molecule has 1 aliphatic rings. The zero-order valence-corrected chi connectivity index (χ0v) is 21.0. The molecule has 0 bridgehead atoms. The molecule has 7 heteroatoms. The number of hydrogen-bond donors (Lipinski definition) is 3. The summed E-state index contributed by atoms with van der Waals surface area (Å²) in [5.74, 6) is 0. The van der Waals surface area contributed by atoms with Crippen molar-refractivity contribution in [2.45, 2.75) is 13.5 Å². The van der Waals surface area contributed by atoms with Crippen molar-refractivity contribution in [2.24, 2.45) is 8.20 Å². The molecule has 0 aliphatic carbocycles. The van der Waals surface area contributed by atoms with Crippen molar-refractivity contribution in [3.63, 3.8) is 0 Å². The maximum absolute atomic E-state index is 6.17. The van der Waals surface area contributed by atoms with E-state index in [1.165, 1.54) is 11.3 Å². The van der Waals surface area contributed by atoms with Gasteiger partial charge in [0, 0.05) is 6.54 Å². The molecule has 0 fully saturated rings. The van der Waals surface area contributed by atoms with Gasteiger partial charge >= 0.3 is 121 Å². The third-order valence-corrected chi connectivity index (χ3v) is 8.67. The van der Waals surface area contributed by atoms with Crippen LogP contribution in [0, 0.1) is 0 Å². The van der Waals surface area contributed by atoms with Crippen molar-refractivity contribution in [2.75, 3.05) is 31.1 Å². The van der Waals surface area contributed by atoms with E-state index in [4.69, 9.17) is 5.73 Å². The summed E-state index contributed by atoms with van der Waals surface area (Å²) in [7, 11) is 0. The number of rotatable bonds is 9. The fourth-order valence-electron chi connectivity index (χ4n) is 3.30. The second kappa shape index (κ2) is 11.0. The summed E-state index contributed by atoms with van der Waals surface area (Å²) in [6.07, 6.45) is 5.79. The molecule has 3 aromatic carbocycles. The van der Waals surface area contributed by atoms with Gasteiger partial charge in [0.05, 0.1) is 11.4 Å². The number of alkyl halides is 1. The van der Waals surface area contributed by atoms with Crippen LogP contribution >= 0.6 is 20.4 Å². The SMILES string of the molecule is C/C(=C\C=N/CNc1ccc(N2C=NI2C)cc1)c1ccc(N)c(NCc2ccccc2)c1. The molecule has 0 atom stereocenters. The Hall–Kier alpha value is -3.33. The third kappa shape index (κ3) is 6.13. The Labute approximate surface area is 203 Å². The first-order chi connectivity index (χ1) is 16.1. The standard InChI is InChI=1S/C26H29IN6/c1-20(22-8-13-25(28)26(16-22)30-17-21-6-4-3-5-7-21)14-15-29-18-31-23-9-11-24(12-10-23)33-19-32-27(33)2/h3-16,19,30-31H,17-18,28H2,1-2H3/b20-14+,29-15-. The number of hydrogen-bond acceptors (Lipinski definition) is 6. The van der Waals surface area contributed by atoms with Crippen LogP contribution < -0.4 is 19.5 Å². The molecule has 0 spiro atoms. The quantitative estimate of drug-likeness (QED) is 0.0966. The fourth-order valence-corrected chi connectivity index (χ4v) is 5.43. The first-order valence-corrected chi connectivity index (χ1v) is 14.8. The number of nitrogens with zero attached hydrogens (tertiary/aromatic N) is 3. The van der Waals surface area contributed by atoms with Gasteiger partial charge in [-0.05, 0) is 17.7 Å². The minimum atomic E-state index is -1.24. The van der Waals surface area contributed by atoms with E-state index in [1.54, 1.807) is 0 Å². The van der Waals surface area contributed by atoms with Crippen LogP contribution in [-0.4, -0.2) is 24.2 Å². The van der Waals surface area contributed by atoms with Crippen molar-refractivity contribution in [1.29, 1.82) is 0 Å². The van der Waals surface area contributed by atoms with Crippen LogP contribution in [0.25, 0.3) is 5.57 Å². The van der Waals surface area contributed by atoms with Gasteiger partial charge in [-0.2, -0.15) is 0 Å². The Morgan fingerprint density at radius 3 is 2.55 bits per heavy atom. The number of anilines is 4. The summed E-state index contributed by atoms with van der Waals surface area (Å²) >= 11 is -1.24. The molecule has 6 nitrogen and oxygen atoms in total. The number of allylic oxidation sites excluding steroid dienone is 2. The van der Waals surface area contributed by atoms with Crippen molar-refractivity contribution in [3.8, 4) is 0 Å². The van der Waals surface area contributed by atoms with Gasteiger partial charge in [0.15, 0.2) is 0 Å². The van der Waals surface area contributed by atoms with Crippen LogP contribution in [0.2, 0.25) is 0 Å². The Balaban J connectivity index is 1.29. The Kier molecular flexibility index (Phi) is 7.62. The van der Waals surface area contributed by atoms with Gasteiger partial charge in [-0.3, -0.25) is 0 Å². The Morgan fingerprint density at radius 2 is 1.85 bits per heavy atom. The normalized spacial score (nSPS) is 14.4. The van der Waals surface area contributed by atoms with E-state index in [0.717, 1.165) is 34.7 Å². The summed E-state index contributed by atoms with van der Waals surface area (Å²) in [4.78, 5) is 6.70. The summed E-state index contributed by atoms with van der Waals surface area (Å²) in [5.41, 5.74) is 13.6. The molecular weight excluding hydrogens is 523 g/mol. The number of benzene rings is 3. The number of nitrogen functional groups attached to an aromatic ring is 1. The Bertz CT molecular complexity index is 1160. The number of aliphatic imine (C=N–C) groups is 1. The van der Waals surface area contributed by atoms with Crippen molar-refractivity contribution in [1.82, 2.24) is 0 Å². The molecule has 0 aromatic heterocycles. The number of nitrogens with two attached hydrogens (primary N) is 1. The Morgan fingerprint density at radius 1 is 1.06 bits per heavy atom. The molecule has 0 radical (unpaired) electrons. The molecule has 3 aromatic rings. The predicted octanol–water partition coefficient (Wildman–Crippen LogP) is 6.24. The van der Waals surface area contributed by atoms with E-state index in [1.807, 2.05) is 49.0 Å². The predicted molar refractivity (Wildman–Crippen MR) is 153 cm³/mol. The van der Waals surface area contributed by atoms with E-state index in [2.05, 4.69) is 76.3 Å². The topological polar surface area (TPSA) is 78.0 Å². The summed E-state index contributed by atoms with van der Waals surface area (Å²) in [6, 6.07) is 24.8. The molecule has 0 saturated carbocycles. The van der Waals surface area contributed by atoms with Gasteiger partial charge in [-0.25, -0.2) is 0 Å². The van der Waals surface area contributed by atoms with Crippen LogP contribution in [0.4, 0.5) is 22.7 Å². The minimum absolute atomic E-state index is 0.520. The smallest absolute Gasteiger partial charge is 0.397 e. The molecule has 0 unspecified atom stereocenters. The zero-order valence-electron chi connectivity index (χ0n) is 18.9. The molecule has 0 amide bonds. The summed E-state index contributed by atoms with van der Waals surface area (Å²) in [6.45, 7) is 3.33. The molecule has 4 rings (SSSR count). The zero-order chi connectivity index (χ0) is 23.0. The van der Waals surface area contributed by atoms with Crippen LogP contribution in [0.15, 0.2) is 87.1 Å². The molecule has 170 valence electrons. The van der Waals surface area contributed by atoms with Crippen LogP contribution in [-0.2, 0) is 6.54 Å². The van der Waals surface area contributed by atoms with Gasteiger partial charge in [0.1, 0.15) is 0 Å². The van der Waals surface area contributed by atoms with Crippen LogP contribution in [0.1, 0.15) is 18.1 Å². The average Bonchev–Trinajstić information content (AvgIpc) is 2.84. The average molecular weight is 552 g/mol. The van der Waals surface area contributed by atoms with E-state index in [9.17, 15) is 0 Å². The van der Waals surface area contributed by atoms with Gasteiger partial charge in [0.2, 0.25) is 0 Å². The van der Waals surface area contributed by atoms with Gasteiger partial charge in [-0.1, -0.05) is 36.4 Å². The molecule has 4 N–H and O–H groups in total. The van der Waals surface area contributed by atoms with E-state index < -0.39 is 20.4 Å². The van der Waals surface area contributed by atoms with Crippen molar-refractivity contribution >= 4 is 61.2 Å². The fraction of sp³-hybridized carbons (Fsp3) is 0.154. The third-order valence-electron chi connectivity index (χ3n) is 5.30. The first kappa shape index (κ1) is 22.8. The van der Waals surface area contributed by atoms with Gasteiger partial charge in [0.25, 0.3) is 0 Å².